The Balaban J connectivity index is 1.34. The zero-order valence-corrected chi connectivity index (χ0v) is 21.9. The Kier molecular flexibility index (Phi) is 6.99. The van der Waals surface area contributed by atoms with Crippen LogP contribution in [0.2, 0.25) is 5.28 Å². The van der Waals surface area contributed by atoms with Gasteiger partial charge in [-0.2, -0.15) is 15.1 Å². The van der Waals surface area contributed by atoms with Crippen LogP contribution in [0.1, 0.15) is 42.7 Å². The SMILES string of the molecule is CN(c1nc(Cl)nc2c1cnn2[C@H]1CC[C@@H](COP(=O)(O)CP(=O)(O)O)O1)[C@@H]1CCc2ccccc21. The van der Waals surface area contributed by atoms with Crippen molar-refractivity contribution in [2.75, 3.05) is 24.5 Å². The van der Waals surface area contributed by atoms with E-state index in [-0.39, 0.29) is 17.9 Å². The van der Waals surface area contributed by atoms with Crippen LogP contribution in [0.5, 0.6) is 0 Å². The molecule has 1 aromatic carbocycles. The molecular weight excluding hydrogens is 532 g/mol. The molecule has 3 heterocycles. The molecule has 0 amide bonds. The van der Waals surface area contributed by atoms with E-state index < -0.39 is 33.4 Å². The largest absolute Gasteiger partial charge is 0.352 e. The van der Waals surface area contributed by atoms with Crippen LogP contribution >= 0.6 is 26.8 Å². The van der Waals surface area contributed by atoms with Gasteiger partial charge in [-0.15, -0.1) is 0 Å². The number of benzene rings is 1. The quantitative estimate of drug-likeness (QED) is 0.274. The van der Waals surface area contributed by atoms with E-state index in [1.807, 2.05) is 19.2 Å². The summed E-state index contributed by atoms with van der Waals surface area (Å²) in [4.78, 5) is 38.6. The molecule has 1 aliphatic carbocycles. The lowest BCUT2D eigenvalue weighted by molar-refractivity contribution is -0.0230. The second-order valence-electron chi connectivity index (χ2n) is 9.04. The highest BCUT2D eigenvalue weighted by Crippen LogP contribution is 2.55. The van der Waals surface area contributed by atoms with E-state index in [2.05, 4.69) is 32.1 Å². The van der Waals surface area contributed by atoms with Gasteiger partial charge in [-0.05, 0) is 48.4 Å². The molecule has 2 aromatic heterocycles. The van der Waals surface area contributed by atoms with Crippen molar-refractivity contribution in [3.63, 3.8) is 0 Å². The Morgan fingerprint density at radius 2 is 1.97 bits per heavy atom. The van der Waals surface area contributed by atoms with Gasteiger partial charge in [0.05, 0.1) is 30.3 Å². The normalized spacial score (nSPS) is 23.6. The first-order valence-electron chi connectivity index (χ1n) is 11.4. The minimum atomic E-state index is -4.70. The molecule has 0 saturated carbocycles. The van der Waals surface area contributed by atoms with Crippen LogP contribution in [0.15, 0.2) is 30.5 Å². The van der Waals surface area contributed by atoms with Crippen LogP contribution in [0.3, 0.4) is 0 Å². The molecule has 0 spiro atoms. The third kappa shape index (κ3) is 5.37. The standard InChI is InChI=1S/C21H26ClN5O7P2/c1-26(17-8-6-13-4-2-3-5-15(13)17)19-16-10-23-27(20(16)25-21(22)24-19)18-9-7-14(34-18)11-33-36(31,32)12-35(28,29)30/h2-5,10,14,17-18H,6-9,11-12H2,1H3,(H,31,32)(H2,28,29,30)/t14-,17+,18+/m0/s1. The van der Waals surface area contributed by atoms with Gasteiger partial charge in [-0.1, -0.05) is 24.3 Å². The van der Waals surface area contributed by atoms with Crippen molar-refractivity contribution < 1.29 is 33.1 Å². The number of aromatic nitrogens is 4. The van der Waals surface area contributed by atoms with E-state index in [1.54, 1.807) is 10.9 Å². The fourth-order valence-corrected chi connectivity index (χ4v) is 7.66. The summed E-state index contributed by atoms with van der Waals surface area (Å²) in [5.41, 5.74) is 3.09. The van der Waals surface area contributed by atoms with Gasteiger partial charge < -0.3 is 28.8 Å². The summed E-state index contributed by atoms with van der Waals surface area (Å²) < 4.78 is 35.4. The van der Waals surface area contributed by atoms with E-state index in [4.69, 9.17) is 30.6 Å². The number of fused-ring (bicyclic) bond motifs is 2. The van der Waals surface area contributed by atoms with Gasteiger partial charge >= 0.3 is 15.2 Å². The highest BCUT2D eigenvalue weighted by Gasteiger charge is 2.35. The number of ether oxygens (including phenoxy) is 1. The summed E-state index contributed by atoms with van der Waals surface area (Å²) in [7, 11) is -7.17. The summed E-state index contributed by atoms with van der Waals surface area (Å²) >= 11 is 6.32. The summed E-state index contributed by atoms with van der Waals surface area (Å²) in [6.07, 6.45) is 3.56. The average molecular weight is 558 g/mol. The number of aryl methyl sites for hydroxylation is 1. The number of hydrogen-bond acceptors (Lipinski definition) is 8. The van der Waals surface area contributed by atoms with E-state index in [0.29, 0.717) is 24.3 Å². The molecule has 1 aliphatic heterocycles. The molecule has 3 N–H and O–H groups in total. The number of rotatable bonds is 8. The molecule has 36 heavy (non-hydrogen) atoms. The first-order valence-corrected chi connectivity index (χ1v) is 15.3. The summed E-state index contributed by atoms with van der Waals surface area (Å²) in [6, 6.07) is 8.49. The average Bonchev–Trinajstić information content (AvgIpc) is 3.53. The Labute approximate surface area is 211 Å². The molecule has 3 aromatic rings. The minimum Gasteiger partial charge on any atom is -0.352 e. The number of nitrogens with zero attached hydrogens (tertiary/aromatic N) is 5. The number of hydrogen-bond donors (Lipinski definition) is 3. The third-order valence-corrected chi connectivity index (χ3v) is 10.1. The van der Waals surface area contributed by atoms with Crippen LogP contribution in [-0.4, -0.2) is 60.1 Å². The molecule has 5 rings (SSSR count). The predicted octanol–water partition coefficient (Wildman–Crippen LogP) is 3.62. The lowest BCUT2D eigenvalue weighted by atomic mass is 10.1. The van der Waals surface area contributed by atoms with E-state index in [1.165, 1.54) is 11.1 Å². The fraction of sp³-hybridized carbons (Fsp3) is 0.476. The molecule has 1 unspecified atom stereocenters. The summed E-state index contributed by atoms with van der Waals surface area (Å²) in [6.45, 7) is -0.283. The van der Waals surface area contributed by atoms with Crippen molar-refractivity contribution in [1.29, 1.82) is 0 Å². The van der Waals surface area contributed by atoms with E-state index >= 15 is 0 Å². The number of anilines is 1. The highest BCUT2D eigenvalue weighted by molar-refractivity contribution is 7.70. The first-order chi connectivity index (χ1) is 17.0. The van der Waals surface area contributed by atoms with Crippen LogP contribution in [0.4, 0.5) is 5.82 Å². The van der Waals surface area contributed by atoms with Crippen molar-refractivity contribution in [3.05, 3.63) is 46.9 Å². The zero-order chi connectivity index (χ0) is 25.7. The third-order valence-electron chi connectivity index (χ3n) is 6.49. The molecular formula is C21H26ClN5O7P2. The lowest BCUT2D eigenvalue weighted by Gasteiger charge is -2.27. The van der Waals surface area contributed by atoms with Crippen molar-refractivity contribution in [3.8, 4) is 0 Å². The zero-order valence-electron chi connectivity index (χ0n) is 19.3. The minimum absolute atomic E-state index is 0.0777. The van der Waals surface area contributed by atoms with Gasteiger partial charge in [0.1, 0.15) is 5.82 Å². The maximum Gasteiger partial charge on any atom is 0.340 e. The Morgan fingerprint density at radius 1 is 1.19 bits per heavy atom. The van der Waals surface area contributed by atoms with E-state index in [0.717, 1.165) is 18.2 Å². The Bertz CT molecular complexity index is 1380. The molecule has 0 radical (unpaired) electrons. The van der Waals surface area contributed by atoms with Gasteiger partial charge in [-0.3, -0.25) is 9.13 Å². The lowest BCUT2D eigenvalue weighted by Crippen LogP contribution is -2.24. The maximum absolute atomic E-state index is 11.9. The molecule has 2 aliphatic rings. The molecule has 1 saturated heterocycles. The van der Waals surface area contributed by atoms with Crippen LogP contribution in [-0.2, 0) is 24.8 Å². The second-order valence-corrected chi connectivity index (χ2v) is 13.4. The molecule has 4 atom stereocenters. The van der Waals surface area contributed by atoms with Crippen LogP contribution in [0, 0.1) is 0 Å². The molecule has 0 bridgehead atoms. The maximum atomic E-state index is 11.9. The van der Waals surface area contributed by atoms with Gasteiger partial charge in [0, 0.05) is 7.05 Å². The Hall–Kier alpha value is -1.88. The summed E-state index contributed by atoms with van der Waals surface area (Å²) in [5, 5.41) is 5.28. The van der Waals surface area contributed by atoms with Crippen LogP contribution < -0.4 is 4.90 Å². The first kappa shape index (κ1) is 25.8. The molecule has 15 heteroatoms. The van der Waals surface area contributed by atoms with Crippen molar-refractivity contribution in [2.24, 2.45) is 0 Å². The second kappa shape index (κ2) is 9.78. The van der Waals surface area contributed by atoms with Gasteiger partial charge in [0.15, 0.2) is 17.8 Å². The predicted molar refractivity (Wildman–Crippen MR) is 132 cm³/mol. The Morgan fingerprint density at radius 3 is 2.75 bits per heavy atom. The van der Waals surface area contributed by atoms with Crippen molar-refractivity contribution in [2.45, 2.75) is 44.1 Å². The number of halogens is 1. The molecule has 1 fully saturated rings. The van der Waals surface area contributed by atoms with Crippen molar-refractivity contribution >= 4 is 43.6 Å². The smallest absolute Gasteiger partial charge is 0.340 e. The van der Waals surface area contributed by atoms with E-state index in [9.17, 15) is 14.0 Å². The van der Waals surface area contributed by atoms with Gasteiger partial charge in [0.25, 0.3) is 0 Å². The van der Waals surface area contributed by atoms with Crippen molar-refractivity contribution in [1.82, 2.24) is 19.7 Å². The summed E-state index contributed by atoms with van der Waals surface area (Å²) in [5.74, 6) is -0.577. The van der Waals surface area contributed by atoms with Crippen LogP contribution in [0.25, 0.3) is 11.0 Å². The fourth-order valence-electron chi connectivity index (χ4n) is 4.91. The monoisotopic (exact) mass is 557 g/mol. The molecule has 12 nitrogen and oxygen atoms in total. The van der Waals surface area contributed by atoms with Gasteiger partial charge in [0.2, 0.25) is 5.28 Å². The molecule has 194 valence electrons. The van der Waals surface area contributed by atoms with Gasteiger partial charge in [-0.25, -0.2) is 4.68 Å². The topological polar surface area (TPSA) is 160 Å². The highest BCUT2D eigenvalue weighted by atomic mass is 35.5.